The summed E-state index contributed by atoms with van der Waals surface area (Å²) in [5, 5.41) is 1.78. The molecule has 0 saturated carbocycles. The second-order valence-corrected chi connectivity index (χ2v) is 7.71. The highest BCUT2D eigenvalue weighted by Crippen LogP contribution is 2.42. The van der Waals surface area contributed by atoms with Crippen molar-refractivity contribution in [2.24, 2.45) is 11.8 Å². The van der Waals surface area contributed by atoms with E-state index in [4.69, 9.17) is 4.84 Å². The third kappa shape index (κ3) is 2.92. The minimum Gasteiger partial charge on any atom is -0.273 e. The van der Waals surface area contributed by atoms with Gasteiger partial charge in [0.15, 0.2) is 6.10 Å². The summed E-state index contributed by atoms with van der Waals surface area (Å²) in [7, 11) is 0. The van der Waals surface area contributed by atoms with Gasteiger partial charge < -0.3 is 0 Å². The van der Waals surface area contributed by atoms with E-state index in [0.717, 1.165) is 17.7 Å². The molecule has 2 aliphatic rings. The predicted octanol–water partition coefficient (Wildman–Crippen LogP) is 3.72. The van der Waals surface area contributed by atoms with Crippen molar-refractivity contribution in [3.63, 3.8) is 0 Å². The molecule has 2 aliphatic heterocycles. The van der Waals surface area contributed by atoms with Crippen molar-refractivity contribution in [3.05, 3.63) is 60.2 Å². The Balaban J connectivity index is 1.71. The fourth-order valence-electron chi connectivity index (χ4n) is 4.10. The number of fused-ring (bicyclic) bond motifs is 1. The lowest BCUT2D eigenvalue weighted by Gasteiger charge is -2.29. The fraction of sp³-hybridized carbons (Fsp3) is 0.364. The number of rotatable bonds is 4. The third-order valence-electron chi connectivity index (χ3n) is 5.32. The first kappa shape index (κ1) is 17.7. The van der Waals surface area contributed by atoms with E-state index in [2.05, 4.69) is 13.8 Å². The SMILES string of the molecule is Cc1ccccc1N1C(=O)[C@@H]2[C@@H](ON(c3ccccc3)[C@H]2CC(C)C)C1=O. The summed E-state index contributed by atoms with van der Waals surface area (Å²) in [5.74, 6) is -0.548. The lowest BCUT2D eigenvalue weighted by Crippen LogP contribution is -2.41. The van der Waals surface area contributed by atoms with Crippen LogP contribution in [-0.2, 0) is 14.4 Å². The summed E-state index contributed by atoms with van der Waals surface area (Å²) >= 11 is 0. The summed E-state index contributed by atoms with van der Waals surface area (Å²) in [5.41, 5.74) is 2.43. The van der Waals surface area contributed by atoms with Gasteiger partial charge in [-0.1, -0.05) is 50.2 Å². The zero-order chi connectivity index (χ0) is 19.1. The molecule has 4 rings (SSSR count). The summed E-state index contributed by atoms with van der Waals surface area (Å²) < 4.78 is 0. The van der Waals surface area contributed by atoms with Gasteiger partial charge in [-0.3, -0.25) is 14.4 Å². The van der Waals surface area contributed by atoms with Gasteiger partial charge >= 0.3 is 0 Å². The van der Waals surface area contributed by atoms with Gasteiger partial charge in [0.05, 0.1) is 23.3 Å². The topological polar surface area (TPSA) is 49.9 Å². The molecular formula is C22H24N2O3. The Morgan fingerprint density at radius 1 is 0.963 bits per heavy atom. The van der Waals surface area contributed by atoms with Gasteiger partial charge in [-0.15, -0.1) is 0 Å². The molecular weight excluding hydrogens is 340 g/mol. The Hall–Kier alpha value is -2.66. The smallest absolute Gasteiger partial charge is 0.266 e. The van der Waals surface area contributed by atoms with Gasteiger partial charge in [-0.05, 0) is 43.0 Å². The lowest BCUT2D eigenvalue weighted by molar-refractivity contribution is -0.126. The number of hydrogen-bond acceptors (Lipinski definition) is 4. The zero-order valence-corrected chi connectivity index (χ0v) is 15.8. The van der Waals surface area contributed by atoms with Crippen LogP contribution in [0.3, 0.4) is 0 Å². The van der Waals surface area contributed by atoms with E-state index in [1.165, 1.54) is 4.90 Å². The molecule has 140 valence electrons. The van der Waals surface area contributed by atoms with Gasteiger partial charge in [-0.25, -0.2) is 9.96 Å². The predicted molar refractivity (Wildman–Crippen MR) is 104 cm³/mol. The van der Waals surface area contributed by atoms with Gasteiger partial charge in [0.2, 0.25) is 5.91 Å². The number of carbonyl (C=O) groups is 2. The van der Waals surface area contributed by atoms with Crippen LogP contribution in [0.15, 0.2) is 54.6 Å². The van der Waals surface area contributed by atoms with Crippen molar-refractivity contribution < 1.29 is 14.4 Å². The van der Waals surface area contributed by atoms with Crippen LogP contribution in [0.2, 0.25) is 0 Å². The van der Waals surface area contributed by atoms with Crippen molar-refractivity contribution in [3.8, 4) is 0 Å². The molecule has 0 N–H and O–H groups in total. The summed E-state index contributed by atoms with van der Waals surface area (Å²) in [6.07, 6.45) is 0.0116. The van der Waals surface area contributed by atoms with Crippen molar-refractivity contribution in [1.29, 1.82) is 0 Å². The number of amides is 2. The Morgan fingerprint density at radius 3 is 2.30 bits per heavy atom. The number of hydroxylamine groups is 1. The Labute approximate surface area is 159 Å². The molecule has 2 saturated heterocycles. The van der Waals surface area contributed by atoms with Gasteiger partial charge in [-0.2, -0.15) is 0 Å². The first-order valence-corrected chi connectivity index (χ1v) is 9.43. The van der Waals surface area contributed by atoms with E-state index in [9.17, 15) is 9.59 Å². The van der Waals surface area contributed by atoms with E-state index >= 15 is 0 Å². The molecule has 0 spiro atoms. The van der Waals surface area contributed by atoms with Crippen LogP contribution in [0, 0.1) is 18.8 Å². The number of carbonyl (C=O) groups excluding carboxylic acids is 2. The molecule has 2 amide bonds. The first-order valence-electron chi connectivity index (χ1n) is 9.43. The Kier molecular flexibility index (Phi) is 4.48. The van der Waals surface area contributed by atoms with Crippen molar-refractivity contribution >= 4 is 23.2 Å². The Morgan fingerprint density at radius 2 is 1.63 bits per heavy atom. The van der Waals surface area contributed by atoms with E-state index in [1.807, 2.05) is 61.5 Å². The molecule has 0 aromatic heterocycles. The maximum atomic E-state index is 13.3. The van der Waals surface area contributed by atoms with Crippen molar-refractivity contribution in [2.45, 2.75) is 39.3 Å². The number of para-hydroxylation sites is 2. The number of benzene rings is 2. The lowest BCUT2D eigenvalue weighted by atomic mass is 9.90. The number of anilines is 2. The number of hydrogen-bond donors (Lipinski definition) is 0. The molecule has 27 heavy (non-hydrogen) atoms. The normalized spacial score (nSPS) is 24.8. The van der Waals surface area contributed by atoms with E-state index in [0.29, 0.717) is 11.6 Å². The maximum Gasteiger partial charge on any atom is 0.266 e. The van der Waals surface area contributed by atoms with Gasteiger partial charge in [0.1, 0.15) is 0 Å². The molecule has 0 bridgehead atoms. The van der Waals surface area contributed by atoms with Crippen molar-refractivity contribution in [2.75, 3.05) is 9.96 Å². The minimum absolute atomic E-state index is 0.164. The maximum absolute atomic E-state index is 13.3. The van der Waals surface area contributed by atoms with Crippen LogP contribution in [-0.4, -0.2) is 24.0 Å². The summed E-state index contributed by atoms with van der Waals surface area (Å²) in [6, 6.07) is 17.0. The number of imide groups is 1. The third-order valence-corrected chi connectivity index (χ3v) is 5.32. The highest BCUT2D eigenvalue weighted by atomic mass is 16.7. The van der Waals surface area contributed by atoms with E-state index < -0.39 is 12.0 Å². The second-order valence-electron chi connectivity index (χ2n) is 7.71. The standard InChI is InChI=1S/C22H24N2O3/c1-14(2)13-18-19-20(27-24(18)16-10-5-4-6-11-16)22(26)23(21(19)25)17-12-8-7-9-15(17)3/h4-12,14,18-20H,13H2,1-3H3/t18-,19-,20+/m0/s1. The molecule has 2 aromatic carbocycles. The van der Waals surface area contributed by atoms with Crippen LogP contribution < -0.4 is 9.96 Å². The largest absolute Gasteiger partial charge is 0.273 e. The molecule has 2 fully saturated rings. The molecule has 5 heteroatoms. The van der Waals surface area contributed by atoms with E-state index in [-0.39, 0.29) is 17.9 Å². The van der Waals surface area contributed by atoms with Gasteiger partial charge in [0, 0.05) is 0 Å². The van der Waals surface area contributed by atoms with Crippen LogP contribution in [0.5, 0.6) is 0 Å². The van der Waals surface area contributed by atoms with Gasteiger partial charge in [0.25, 0.3) is 5.91 Å². The minimum atomic E-state index is -0.763. The molecule has 0 aliphatic carbocycles. The molecule has 2 heterocycles. The molecule has 5 nitrogen and oxygen atoms in total. The first-order chi connectivity index (χ1) is 13.0. The Bertz CT molecular complexity index is 865. The molecule has 0 unspecified atom stereocenters. The highest BCUT2D eigenvalue weighted by Gasteiger charge is 2.59. The van der Waals surface area contributed by atoms with Crippen molar-refractivity contribution in [1.82, 2.24) is 0 Å². The molecule has 0 radical (unpaired) electrons. The molecule has 2 aromatic rings. The van der Waals surface area contributed by atoms with Crippen LogP contribution in [0.4, 0.5) is 11.4 Å². The van der Waals surface area contributed by atoms with Crippen LogP contribution in [0.1, 0.15) is 25.8 Å². The fourth-order valence-corrected chi connectivity index (χ4v) is 4.10. The van der Waals surface area contributed by atoms with Crippen LogP contribution >= 0.6 is 0 Å². The summed E-state index contributed by atoms with van der Waals surface area (Å²) in [6.45, 7) is 6.15. The molecule has 3 atom stereocenters. The monoisotopic (exact) mass is 364 g/mol. The number of aryl methyl sites for hydroxylation is 1. The zero-order valence-electron chi connectivity index (χ0n) is 15.8. The average molecular weight is 364 g/mol. The number of nitrogens with zero attached hydrogens (tertiary/aromatic N) is 2. The summed E-state index contributed by atoms with van der Waals surface area (Å²) in [4.78, 5) is 33.8. The second kappa shape index (κ2) is 6.82. The quantitative estimate of drug-likeness (QED) is 0.776. The van der Waals surface area contributed by atoms with Crippen LogP contribution in [0.25, 0.3) is 0 Å². The average Bonchev–Trinajstić information content (AvgIpc) is 3.13. The van der Waals surface area contributed by atoms with E-state index in [1.54, 1.807) is 5.06 Å². The highest BCUT2D eigenvalue weighted by molar-refractivity contribution is 6.24.